The van der Waals surface area contributed by atoms with Crippen molar-refractivity contribution in [3.63, 3.8) is 0 Å². The lowest BCUT2D eigenvalue weighted by atomic mass is 9.81. The zero-order chi connectivity index (χ0) is 21.4. The molecule has 3 heterocycles. The summed E-state index contributed by atoms with van der Waals surface area (Å²) >= 11 is 6.89. The van der Waals surface area contributed by atoms with Crippen LogP contribution in [0.25, 0.3) is 22.0 Å². The quantitative estimate of drug-likeness (QED) is 0.443. The molecular weight excluding hydrogens is 406 g/mol. The molecule has 0 aliphatic heterocycles. The van der Waals surface area contributed by atoms with Crippen molar-refractivity contribution in [2.45, 2.75) is 5.54 Å². The number of hydrogen-bond acceptors (Lipinski definition) is 4. The maximum absolute atomic E-state index is 7.15. The van der Waals surface area contributed by atoms with E-state index in [4.69, 9.17) is 17.3 Å². The van der Waals surface area contributed by atoms with E-state index >= 15 is 0 Å². The van der Waals surface area contributed by atoms with E-state index in [1.54, 1.807) is 24.9 Å². The van der Waals surface area contributed by atoms with Crippen LogP contribution in [0.15, 0.2) is 91.8 Å². The zero-order valence-corrected chi connectivity index (χ0v) is 17.7. The number of imidazole rings is 1. The van der Waals surface area contributed by atoms with Crippen molar-refractivity contribution in [2.75, 3.05) is 0 Å². The van der Waals surface area contributed by atoms with Gasteiger partial charge in [0.05, 0.1) is 28.8 Å². The van der Waals surface area contributed by atoms with Crippen LogP contribution in [0, 0.1) is 0 Å². The number of halogens is 1. The Bertz CT molecular complexity index is 1370. The third-order valence-corrected chi connectivity index (χ3v) is 6.11. The molecule has 5 nitrogen and oxygen atoms in total. The minimum absolute atomic E-state index is 0.653. The van der Waals surface area contributed by atoms with Crippen molar-refractivity contribution in [2.24, 2.45) is 12.8 Å². The minimum atomic E-state index is -0.936. The molecule has 0 aliphatic rings. The largest absolute Gasteiger partial charge is 0.336 e. The summed E-state index contributed by atoms with van der Waals surface area (Å²) in [6.07, 6.45) is 8.86. The summed E-state index contributed by atoms with van der Waals surface area (Å²) < 4.78 is 1.94. The van der Waals surface area contributed by atoms with E-state index in [1.807, 2.05) is 78.5 Å². The first-order chi connectivity index (χ1) is 15.1. The first-order valence-corrected chi connectivity index (χ1v) is 10.3. The van der Waals surface area contributed by atoms with Crippen molar-refractivity contribution in [1.29, 1.82) is 0 Å². The molecule has 0 fully saturated rings. The molecule has 0 spiro atoms. The van der Waals surface area contributed by atoms with Gasteiger partial charge in [0.2, 0.25) is 0 Å². The van der Waals surface area contributed by atoms with Gasteiger partial charge in [0.15, 0.2) is 0 Å². The average Bonchev–Trinajstić information content (AvgIpc) is 3.26. The van der Waals surface area contributed by atoms with Gasteiger partial charge in [-0.25, -0.2) is 4.98 Å². The number of pyridine rings is 2. The normalized spacial score (nSPS) is 13.3. The summed E-state index contributed by atoms with van der Waals surface area (Å²) in [6, 6.07) is 19.9. The maximum atomic E-state index is 7.15. The SMILES string of the molecule is Cn1cncc1C(N)(c1ccncc1)c1ccc2ncc(-c3ccccc3)c(Cl)c2c1. The highest BCUT2D eigenvalue weighted by atomic mass is 35.5. The summed E-state index contributed by atoms with van der Waals surface area (Å²) in [5.41, 5.74) is 11.6. The van der Waals surface area contributed by atoms with Crippen LogP contribution in [0.1, 0.15) is 16.8 Å². The average molecular weight is 426 g/mol. The van der Waals surface area contributed by atoms with Crippen LogP contribution < -0.4 is 5.73 Å². The van der Waals surface area contributed by atoms with E-state index in [1.165, 1.54) is 0 Å². The van der Waals surface area contributed by atoms with Gasteiger partial charge in [-0.3, -0.25) is 9.97 Å². The van der Waals surface area contributed by atoms with Crippen LogP contribution >= 0.6 is 11.6 Å². The molecule has 31 heavy (non-hydrogen) atoms. The Labute approximate surface area is 185 Å². The molecule has 0 bridgehead atoms. The van der Waals surface area contributed by atoms with Crippen LogP contribution in [-0.2, 0) is 12.6 Å². The van der Waals surface area contributed by atoms with Gasteiger partial charge in [-0.05, 0) is 41.0 Å². The van der Waals surface area contributed by atoms with E-state index in [-0.39, 0.29) is 0 Å². The molecular formula is C25H20ClN5. The summed E-state index contributed by atoms with van der Waals surface area (Å²) in [5.74, 6) is 0. The smallest absolute Gasteiger partial charge is 0.109 e. The van der Waals surface area contributed by atoms with E-state index in [2.05, 4.69) is 15.0 Å². The Kier molecular flexibility index (Phi) is 4.77. The predicted octanol–water partition coefficient (Wildman–Crippen LogP) is 4.93. The fraction of sp³-hybridized carbons (Fsp3) is 0.0800. The van der Waals surface area contributed by atoms with Crippen LogP contribution in [-0.4, -0.2) is 19.5 Å². The first-order valence-electron chi connectivity index (χ1n) is 9.89. The third-order valence-electron chi connectivity index (χ3n) is 5.70. The summed E-state index contributed by atoms with van der Waals surface area (Å²) in [6.45, 7) is 0. The van der Waals surface area contributed by atoms with Gasteiger partial charge in [-0.2, -0.15) is 0 Å². The highest BCUT2D eigenvalue weighted by Crippen LogP contribution is 2.38. The van der Waals surface area contributed by atoms with Crippen molar-refractivity contribution in [3.05, 3.63) is 114 Å². The summed E-state index contributed by atoms with van der Waals surface area (Å²) in [7, 11) is 1.94. The molecule has 2 N–H and O–H groups in total. The highest BCUT2D eigenvalue weighted by molar-refractivity contribution is 6.38. The number of rotatable bonds is 4. The van der Waals surface area contributed by atoms with E-state index < -0.39 is 5.54 Å². The zero-order valence-electron chi connectivity index (χ0n) is 16.9. The monoisotopic (exact) mass is 425 g/mol. The number of hydrogen-bond donors (Lipinski definition) is 1. The molecule has 0 aliphatic carbocycles. The molecule has 0 radical (unpaired) electrons. The lowest BCUT2D eigenvalue weighted by Gasteiger charge is -2.31. The van der Waals surface area contributed by atoms with Gasteiger partial charge < -0.3 is 10.3 Å². The second kappa shape index (κ2) is 7.61. The predicted molar refractivity (Wildman–Crippen MR) is 124 cm³/mol. The minimum Gasteiger partial charge on any atom is -0.336 e. The fourth-order valence-corrected chi connectivity index (χ4v) is 4.35. The third kappa shape index (κ3) is 3.19. The highest BCUT2D eigenvalue weighted by Gasteiger charge is 2.35. The summed E-state index contributed by atoms with van der Waals surface area (Å²) in [5, 5.41) is 1.51. The van der Waals surface area contributed by atoms with Gasteiger partial charge in [0, 0.05) is 36.6 Å². The van der Waals surface area contributed by atoms with Gasteiger partial charge >= 0.3 is 0 Å². The molecule has 2 aromatic carbocycles. The molecule has 6 heteroatoms. The van der Waals surface area contributed by atoms with Gasteiger partial charge in [-0.15, -0.1) is 0 Å². The first kappa shape index (κ1) is 19.4. The Balaban J connectivity index is 1.76. The van der Waals surface area contributed by atoms with Crippen molar-refractivity contribution < 1.29 is 0 Å². The summed E-state index contributed by atoms with van der Waals surface area (Å²) in [4.78, 5) is 13.1. The van der Waals surface area contributed by atoms with Crippen LogP contribution in [0.2, 0.25) is 5.02 Å². The van der Waals surface area contributed by atoms with Crippen LogP contribution in [0.5, 0.6) is 0 Å². The second-order valence-electron chi connectivity index (χ2n) is 7.52. The van der Waals surface area contributed by atoms with E-state index in [0.29, 0.717) is 5.02 Å². The topological polar surface area (TPSA) is 69.6 Å². The molecule has 0 saturated carbocycles. The molecule has 5 rings (SSSR count). The van der Waals surface area contributed by atoms with Gasteiger partial charge in [0.25, 0.3) is 0 Å². The number of aromatic nitrogens is 4. The number of aryl methyl sites for hydroxylation is 1. The Morgan fingerprint density at radius 3 is 2.39 bits per heavy atom. The Morgan fingerprint density at radius 2 is 1.68 bits per heavy atom. The van der Waals surface area contributed by atoms with Crippen molar-refractivity contribution >= 4 is 22.5 Å². The lowest BCUT2D eigenvalue weighted by molar-refractivity contribution is 0.596. The van der Waals surface area contributed by atoms with Crippen molar-refractivity contribution in [1.82, 2.24) is 19.5 Å². The van der Waals surface area contributed by atoms with Gasteiger partial charge in [-0.1, -0.05) is 48.0 Å². The molecule has 1 atom stereocenters. The van der Waals surface area contributed by atoms with E-state index in [9.17, 15) is 0 Å². The molecule has 152 valence electrons. The van der Waals surface area contributed by atoms with Crippen LogP contribution in [0.3, 0.4) is 0 Å². The number of benzene rings is 2. The van der Waals surface area contributed by atoms with Crippen LogP contribution in [0.4, 0.5) is 0 Å². The molecule has 3 aromatic heterocycles. The molecule has 1 unspecified atom stereocenters. The molecule has 5 aromatic rings. The van der Waals surface area contributed by atoms with Crippen molar-refractivity contribution in [3.8, 4) is 11.1 Å². The Morgan fingerprint density at radius 1 is 0.903 bits per heavy atom. The fourth-order valence-electron chi connectivity index (χ4n) is 4.04. The lowest BCUT2D eigenvalue weighted by Crippen LogP contribution is -2.40. The maximum Gasteiger partial charge on any atom is 0.109 e. The van der Waals surface area contributed by atoms with Gasteiger partial charge in [0.1, 0.15) is 5.54 Å². The van der Waals surface area contributed by atoms with E-state index in [0.717, 1.165) is 38.9 Å². The standard InChI is InChI=1S/C25H20ClN5/c1-31-16-29-15-23(31)25(27,18-9-11-28-12-10-18)19-7-8-22-20(13-19)24(26)21(14-30-22)17-5-3-2-4-6-17/h2-16H,27H2,1H3. The number of fused-ring (bicyclic) bond motifs is 1. The molecule has 0 saturated heterocycles. The number of nitrogens with zero attached hydrogens (tertiary/aromatic N) is 4. The second-order valence-corrected chi connectivity index (χ2v) is 7.90. The number of nitrogens with two attached hydrogens (primary N) is 1. The molecule has 0 amide bonds. The Hall–Kier alpha value is -3.54.